The predicted octanol–water partition coefficient (Wildman–Crippen LogP) is 2.34. The molecule has 1 saturated heterocycles. The molecule has 0 bridgehead atoms. The third-order valence-electron chi connectivity index (χ3n) is 4.99. The maximum Gasteiger partial charge on any atom is 0.256 e. The van der Waals surface area contributed by atoms with Crippen LogP contribution < -0.4 is 4.74 Å². The van der Waals surface area contributed by atoms with Crippen molar-refractivity contribution in [3.63, 3.8) is 0 Å². The summed E-state index contributed by atoms with van der Waals surface area (Å²) in [6.45, 7) is 4.85. The van der Waals surface area contributed by atoms with E-state index in [0.717, 1.165) is 54.3 Å². The fraction of sp³-hybridized carbons (Fsp3) is 0.500. The Balaban J connectivity index is 1.48. The van der Waals surface area contributed by atoms with E-state index in [-0.39, 0.29) is 5.91 Å². The van der Waals surface area contributed by atoms with E-state index in [0.29, 0.717) is 0 Å². The van der Waals surface area contributed by atoms with Gasteiger partial charge in [-0.1, -0.05) is 0 Å². The lowest BCUT2D eigenvalue weighted by atomic mass is 10.1. The summed E-state index contributed by atoms with van der Waals surface area (Å²) in [5.41, 5.74) is 1.72. The van der Waals surface area contributed by atoms with Crippen molar-refractivity contribution in [1.29, 1.82) is 0 Å². The molecule has 1 aromatic heterocycles. The average Bonchev–Trinajstić information content (AvgIpc) is 3.30. The van der Waals surface area contributed by atoms with Crippen LogP contribution in [0.4, 0.5) is 0 Å². The van der Waals surface area contributed by atoms with Gasteiger partial charge in [-0.15, -0.1) is 0 Å². The lowest BCUT2D eigenvalue weighted by Gasteiger charge is -2.34. The monoisotopic (exact) mass is 313 g/mol. The first-order chi connectivity index (χ1) is 11.2. The Labute approximate surface area is 136 Å². The van der Waals surface area contributed by atoms with E-state index in [9.17, 15) is 4.79 Å². The second kappa shape index (κ2) is 5.89. The highest BCUT2D eigenvalue weighted by molar-refractivity contribution is 6.07. The Morgan fingerprint density at radius 2 is 2.04 bits per heavy atom. The van der Waals surface area contributed by atoms with Gasteiger partial charge in [-0.05, 0) is 37.0 Å². The normalized spacial score (nSPS) is 19.3. The summed E-state index contributed by atoms with van der Waals surface area (Å²) in [4.78, 5) is 20.5. The number of piperazine rings is 1. The minimum Gasteiger partial charge on any atom is -0.497 e. The fourth-order valence-electron chi connectivity index (χ4n) is 3.37. The molecule has 5 heteroatoms. The highest BCUT2D eigenvalue weighted by Crippen LogP contribution is 2.30. The minimum atomic E-state index is 0.121. The first kappa shape index (κ1) is 14.6. The van der Waals surface area contributed by atoms with Crippen LogP contribution in [0.25, 0.3) is 10.9 Å². The van der Waals surface area contributed by atoms with E-state index in [1.807, 2.05) is 29.3 Å². The molecule has 0 unspecified atom stereocenters. The average molecular weight is 313 g/mol. The summed E-state index contributed by atoms with van der Waals surface area (Å²) in [6, 6.07) is 5.80. The summed E-state index contributed by atoms with van der Waals surface area (Å²) in [7, 11) is 1.65. The van der Waals surface area contributed by atoms with Gasteiger partial charge in [0.1, 0.15) is 5.75 Å². The number of nitrogens with zero attached hydrogens (tertiary/aromatic N) is 2. The van der Waals surface area contributed by atoms with Crippen molar-refractivity contribution >= 4 is 16.8 Å². The van der Waals surface area contributed by atoms with Crippen LogP contribution >= 0.6 is 0 Å². The predicted molar refractivity (Wildman–Crippen MR) is 89.9 cm³/mol. The van der Waals surface area contributed by atoms with E-state index in [4.69, 9.17) is 4.74 Å². The maximum absolute atomic E-state index is 12.9. The van der Waals surface area contributed by atoms with E-state index in [1.54, 1.807) is 7.11 Å². The molecule has 4 rings (SSSR count). The summed E-state index contributed by atoms with van der Waals surface area (Å²) in [5.74, 6) is 1.81. The summed E-state index contributed by atoms with van der Waals surface area (Å²) in [6.07, 6.45) is 4.59. The van der Waals surface area contributed by atoms with Crippen molar-refractivity contribution in [1.82, 2.24) is 14.8 Å². The molecule has 1 aliphatic carbocycles. The van der Waals surface area contributed by atoms with Crippen LogP contribution in [0.1, 0.15) is 23.2 Å². The molecule has 1 N–H and O–H groups in total. The van der Waals surface area contributed by atoms with Gasteiger partial charge in [-0.3, -0.25) is 9.69 Å². The number of carbonyl (C=O) groups excluding carboxylic acids is 1. The molecule has 122 valence electrons. The largest absolute Gasteiger partial charge is 0.497 e. The minimum absolute atomic E-state index is 0.121. The Hall–Kier alpha value is -2.01. The number of ether oxygens (including phenoxy) is 1. The number of carbonyl (C=O) groups is 1. The van der Waals surface area contributed by atoms with Crippen LogP contribution in [0.3, 0.4) is 0 Å². The standard InChI is InChI=1S/C18H23N3O2/c1-23-14-4-5-17-15(10-14)16(11-19-17)18(22)21-8-6-20(7-9-21)12-13-2-3-13/h4-5,10-11,13,19H,2-3,6-9,12H2,1H3. The van der Waals surface area contributed by atoms with E-state index in [2.05, 4.69) is 9.88 Å². The quantitative estimate of drug-likeness (QED) is 0.942. The molecule has 2 heterocycles. The molecule has 0 spiro atoms. The zero-order valence-electron chi connectivity index (χ0n) is 13.5. The fourth-order valence-corrected chi connectivity index (χ4v) is 3.37. The van der Waals surface area contributed by atoms with Crippen LogP contribution in [-0.2, 0) is 0 Å². The van der Waals surface area contributed by atoms with Gasteiger partial charge in [-0.2, -0.15) is 0 Å². The zero-order chi connectivity index (χ0) is 15.8. The number of fused-ring (bicyclic) bond motifs is 1. The number of methoxy groups -OCH3 is 1. The Kier molecular flexibility index (Phi) is 3.73. The van der Waals surface area contributed by atoms with Gasteiger partial charge >= 0.3 is 0 Å². The molecule has 0 radical (unpaired) electrons. The molecular formula is C18H23N3O2. The SMILES string of the molecule is COc1ccc2[nH]cc(C(=O)N3CCN(CC4CC4)CC3)c2c1. The lowest BCUT2D eigenvalue weighted by Crippen LogP contribution is -2.49. The Morgan fingerprint density at radius 1 is 1.26 bits per heavy atom. The summed E-state index contributed by atoms with van der Waals surface area (Å²) in [5, 5.41) is 0.940. The Morgan fingerprint density at radius 3 is 2.74 bits per heavy atom. The van der Waals surface area contributed by atoms with E-state index >= 15 is 0 Å². The summed E-state index contributed by atoms with van der Waals surface area (Å²) < 4.78 is 5.28. The smallest absolute Gasteiger partial charge is 0.256 e. The van der Waals surface area contributed by atoms with Crippen LogP contribution in [0.2, 0.25) is 0 Å². The van der Waals surface area contributed by atoms with Crippen molar-refractivity contribution in [3.8, 4) is 5.75 Å². The molecule has 1 saturated carbocycles. The van der Waals surface area contributed by atoms with Crippen molar-refractivity contribution < 1.29 is 9.53 Å². The zero-order valence-corrected chi connectivity index (χ0v) is 13.5. The molecule has 1 aliphatic heterocycles. The van der Waals surface area contributed by atoms with Crippen LogP contribution in [0.15, 0.2) is 24.4 Å². The molecule has 2 aromatic rings. The van der Waals surface area contributed by atoms with Crippen molar-refractivity contribution in [2.75, 3.05) is 39.8 Å². The van der Waals surface area contributed by atoms with Crippen molar-refractivity contribution in [2.24, 2.45) is 5.92 Å². The van der Waals surface area contributed by atoms with Crippen LogP contribution in [0.5, 0.6) is 5.75 Å². The number of nitrogens with one attached hydrogen (secondary N) is 1. The molecule has 1 aromatic carbocycles. The number of amides is 1. The van der Waals surface area contributed by atoms with Gasteiger partial charge < -0.3 is 14.6 Å². The highest BCUT2D eigenvalue weighted by Gasteiger charge is 2.28. The van der Waals surface area contributed by atoms with Crippen LogP contribution in [0, 0.1) is 5.92 Å². The van der Waals surface area contributed by atoms with Gasteiger partial charge in [0, 0.05) is 49.8 Å². The molecule has 1 amide bonds. The van der Waals surface area contributed by atoms with Crippen molar-refractivity contribution in [2.45, 2.75) is 12.8 Å². The number of benzene rings is 1. The molecule has 2 aliphatic rings. The lowest BCUT2D eigenvalue weighted by molar-refractivity contribution is 0.0634. The number of aromatic nitrogens is 1. The molecule has 2 fully saturated rings. The number of H-pyrrole nitrogens is 1. The second-order valence-corrected chi connectivity index (χ2v) is 6.65. The van der Waals surface area contributed by atoms with E-state index in [1.165, 1.54) is 19.4 Å². The van der Waals surface area contributed by atoms with Crippen molar-refractivity contribution in [3.05, 3.63) is 30.0 Å². The van der Waals surface area contributed by atoms with Gasteiger partial charge in [0.05, 0.1) is 12.7 Å². The highest BCUT2D eigenvalue weighted by atomic mass is 16.5. The first-order valence-electron chi connectivity index (χ1n) is 8.41. The number of hydrogen-bond acceptors (Lipinski definition) is 3. The first-order valence-corrected chi connectivity index (χ1v) is 8.41. The van der Waals surface area contributed by atoms with Gasteiger partial charge in [0.25, 0.3) is 5.91 Å². The molecule has 23 heavy (non-hydrogen) atoms. The van der Waals surface area contributed by atoms with E-state index < -0.39 is 0 Å². The third kappa shape index (κ3) is 2.93. The molecular weight excluding hydrogens is 290 g/mol. The number of rotatable bonds is 4. The van der Waals surface area contributed by atoms with Gasteiger partial charge in [0.2, 0.25) is 0 Å². The van der Waals surface area contributed by atoms with Gasteiger partial charge in [0.15, 0.2) is 0 Å². The molecule has 0 atom stereocenters. The summed E-state index contributed by atoms with van der Waals surface area (Å²) >= 11 is 0. The third-order valence-corrected chi connectivity index (χ3v) is 4.99. The maximum atomic E-state index is 12.9. The topological polar surface area (TPSA) is 48.6 Å². The Bertz CT molecular complexity index is 712. The molecule has 5 nitrogen and oxygen atoms in total. The van der Waals surface area contributed by atoms with Gasteiger partial charge in [-0.25, -0.2) is 0 Å². The second-order valence-electron chi connectivity index (χ2n) is 6.65. The van der Waals surface area contributed by atoms with Crippen LogP contribution in [-0.4, -0.2) is 60.5 Å². The number of aromatic amines is 1. The number of hydrogen-bond donors (Lipinski definition) is 1.